The van der Waals surface area contributed by atoms with Crippen molar-refractivity contribution >= 4 is 0 Å². The molecule has 0 aliphatic carbocycles. The van der Waals surface area contributed by atoms with E-state index in [1.807, 2.05) is 49.4 Å². The van der Waals surface area contributed by atoms with E-state index in [9.17, 15) is 0 Å². The molecule has 0 bridgehead atoms. The Balaban J connectivity index is 1.95. The van der Waals surface area contributed by atoms with E-state index >= 15 is 0 Å². The van der Waals surface area contributed by atoms with Gasteiger partial charge in [-0.3, -0.25) is 0 Å². The maximum absolute atomic E-state index is 8.80. The predicted octanol–water partition coefficient (Wildman–Crippen LogP) is 5.16. The zero-order valence-electron chi connectivity index (χ0n) is 13.7. The molecule has 0 aliphatic rings. The molecule has 0 radical (unpaired) electrons. The lowest BCUT2D eigenvalue weighted by atomic mass is 10.2. The van der Waals surface area contributed by atoms with Crippen molar-refractivity contribution in [3.63, 3.8) is 0 Å². The molecular weight excluding hydrogens is 298 g/mol. The van der Waals surface area contributed by atoms with Gasteiger partial charge < -0.3 is 9.47 Å². The fourth-order valence-corrected chi connectivity index (χ4v) is 1.89. The van der Waals surface area contributed by atoms with Crippen LogP contribution in [0.25, 0.3) is 0 Å². The van der Waals surface area contributed by atoms with Gasteiger partial charge in [0.2, 0.25) is 0 Å². The first kappa shape index (κ1) is 17.1. The molecule has 0 spiro atoms. The maximum atomic E-state index is 8.80. The van der Waals surface area contributed by atoms with Gasteiger partial charge in [0.15, 0.2) is 0 Å². The molecule has 2 rings (SSSR count). The van der Waals surface area contributed by atoms with Gasteiger partial charge in [-0.2, -0.15) is 5.26 Å². The molecule has 2 aromatic rings. The zero-order valence-corrected chi connectivity index (χ0v) is 13.7. The average Bonchev–Trinajstić information content (AvgIpc) is 2.59. The van der Waals surface area contributed by atoms with E-state index in [0.717, 1.165) is 11.1 Å². The summed E-state index contributed by atoms with van der Waals surface area (Å²) in [5.41, 5.74) is 2.56. The molecule has 0 unspecified atom stereocenters. The second-order valence-electron chi connectivity index (χ2n) is 5.32. The third-order valence-electron chi connectivity index (χ3n) is 3.10. The van der Waals surface area contributed by atoms with Crippen LogP contribution in [0.3, 0.4) is 0 Å². The summed E-state index contributed by atoms with van der Waals surface area (Å²) in [6.07, 6.45) is 3.61. The van der Waals surface area contributed by atoms with Crippen molar-refractivity contribution in [2.75, 3.05) is 0 Å². The van der Waals surface area contributed by atoms with Crippen molar-refractivity contribution in [2.45, 2.75) is 13.5 Å². The smallest absolute Gasteiger partial charge is 0.131 e. The Labute approximate surface area is 142 Å². The minimum atomic E-state index is 0.422. The lowest BCUT2D eigenvalue weighted by Crippen LogP contribution is -1.96. The molecule has 0 fully saturated rings. The average molecular weight is 317 g/mol. The Kier molecular flexibility index (Phi) is 5.99. The molecule has 0 N–H and O–H groups in total. The van der Waals surface area contributed by atoms with Crippen LogP contribution in [0.4, 0.5) is 0 Å². The highest BCUT2D eigenvalue weighted by Crippen LogP contribution is 2.22. The number of rotatable bonds is 7. The first-order valence-electron chi connectivity index (χ1n) is 7.49. The molecule has 0 aromatic heterocycles. The molecule has 0 heterocycles. The quantitative estimate of drug-likeness (QED) is 0.523. The third-order valence-corrected chi connectivity index (χ3v) is 3.10. The summed E-state index contributed by atoms with van der Waals surface area (Å²) in [7, 11) is 0. The van der Waals surface area contributed by atoms with Gasteiger partial charge in [0, 0.05) is 6.07 Å². The second-order valence-corrected chi connectivity index (χ2v) is 5.32. The van der Waals surface area contributed by atoms with Crippen LogP contribution in [0.1, 0.15) is 18.1 Å². The van der Waals surface area contributed by atoms with Crippen LogP contribution in [0.5, 0.6) is 11.5 Å². The number of hydrogen-bond acceptors (Lipinski definition) is 3. The van der Waals surface area contributed by atoms with E-state index < -0.39 is 0 Å². The van der Waals surface area contributed by atoms with Crippen LogP contribution >= 0.6 is 0 Å². The van der Waals surface area contributed by atoms with Gasteiger partial charge in [0.05, 0.1) is 11.6 Å². The Bertz CT molecular complexity index is 795. The summed E-state index contributed by atoms with van der Waals surface area (Å²) in [6.45, 7) is 9.96. The lowest BCUT2D eigenvalue weighted by molar-refractivity contribution is 0.304. The number of allylic oxidation sites excluding steroid dienone is 3. The summed E-state index contributed by atoms with van der Waals surface area (Å²) in [5, 5.41) is 8.80. The first-order valence-corrected chi connectivity index (χ1v) is 7.49. The topological polar surface area (TPSA) is 42.2 Å². The highest BCUT2D eigenvalue weighted by atomic mass is 16.5. The lowest BCUT2D eigenvalue weighted by Gasteiger charge is -2.09. The summed E-state index contributed by atoms with van der Waals surface area (Å²) in [4.78, 5) is 0. The van der Waals surface area contributed by atoms with Gasteiger partial charge in [-0.15, -0.1) is 0 Å². The Hall–Kier alpha value is -3.25. The molecule has 2 aromatic carbocycles. The monoisotopic (exact) mass is 317 g/mol. The van der Waals surface area contributed by atoms with Crippen molar-refractivity contribution in [1.82, 2.24) is 0 Å². The Morgan fingerprint density at radius 3 is 2.46 bits per heavy atom. The van der Waals surface area contributed by atoms with E-state index in [1.165, 1.54) is 0 Å². The van der Waals surface area contributed by atoms with Gasteiger partial charge in [-0.1, -0.05) is 43.0 Å². The molecule has 0 aliphatic heterocycles. The van der Waals surface area contributed by atoms with Crippen molar-refractivity contribution < 1.29 is 9.47 Å². The number of ether oxygens (including phenoxy) is 2. The largest absolute Gasteiger partial charge is 0.489 e. The Morgan fingerprint density at radius 2 is 1.79 bits per heavy atom. The van der Waals surface area contributed by atoms with E-state index in [1.54, 1.807) is 18.2 Å². The maximum Gasteiger partial charge on any atom is 0.131 e. The number of hydrogen-bond donors (Lipinski definition) is 0. The fourth-order valence-electron chi connectivity index (χ4n) is 1.89. The van der Waals surface area contributed by atoms with E-state index in [-0.39, 0.29) is 0 Å². The van der Waals surface area contributed by atoms with Gasteiger partial charge >= 0.3 is 0 Å². The fraction of sp³-hybridized carbons (Fsp3) is 0.0952. The highest BCUT2D eigenvalue weighted by Gasteiger charge is 2.01. The number of nitrogens with zero attached hydrogens (tertiary/aromatic N) is 1. The van der Waals surface area contributed by atoms with Crippen molar-refractivity contribution in [1.29, 1.82) is 5.26 Å². The molecule has 3 nitrogen and oxygen atoms in total. The van der Waals surface area contributed by atoms with Crippen molar-refractivity contribution in [2.24, 2.45) is 0 Å². The first-order chi connectivity index (χ1) is 11.6. The van der Waals surface area contributed by atoms with Gasteiger partial charge in [-0.25, -0.2) is 0 Å². The minimum absolute atomic E-state index is 0.422. The molecule has 3 heteroatoms. The van der Waals surface area contributed by atoms with Crippen LogP contribution < -0.4 is 9.47 Å². The zero-order chi connectivity index (χ0) is 17.4. The third kappa shape index (κ3) is 5.51. The molecule has 0 atom stereocenters. The molecule has 24 heavy (non-hydrogen) atoms. The number of nitriles is 1. The van der Waals surface area contributed by atoms with Gasteiger partial charge in [0.1, 0.15) is 23.9 Å². The highest BCUT2D eigenvalue weighted by molar-refractivity contribution is 5.36. The summed E-state index contributed by atoms with van der Waals surface area (Å²) >= 11 is 0. The molecule has 0 amide bonds. The molecular formula is C21H19NO2. The van der Waals surface area contributed by atoms with Crippen LogP contribution in [-0.2, 0) is 6.61 Å². The van der Waals surface area contributed by atoms with Crippen LogP contribution in [0, 0.1) is 11.3 Å². The number of benzene rings is 2. The molecule has 0 saturated carbocycles. The summed E-state index contributed by atoms with van der Waals surface area (Å²) < 4.78 is 11.4. The van der Waals surface area contributed by atoms with E-state index in [4.69, 9.17) is 14.7 Å². The second kappa shape index (κ2) is 8.40. The minimum Gasteiger partial charge on any atom is -0.489 e. The standard InChI is InChI=1S/C21H19NO2/c1-16(2)7-8-17(3)24-21-6-4-5-20(13-21)23-15-19-11-9-18(14-22)10-12-19/h4-13H,1,3,15H2,2H3/b8-7-. The SMILES string of the molecule is C=C(C)/C=C\C(=C)Oc1cccc(OCc2ccc(C#N)cc2)c1. The van der Waals surface area contributed by atoms with Crippen LogP contribution in [0.2, 0.25) is 0 Å². The van der Waals surface area contributed by atoms with Crippen LogP contribution in [-0.4, -0.2) is 0 Å². The van der Waals surface area contributed by atoms with Crippen LogP contribution in [0.15, 0.2) is 85.2 Å². The van der Waals surface area contributed by atoms with Gasteiger partial charge in [0.25, 0.3) is 0 Å². The summed E-state index contributed by atoms with van der Waals surface area (Å²) in [5.74, 6) is 1.89. The van der Waals surface area contributed by atoms with Gasteiger partial charge in [-0.05, 0) is 42.8 Å². The Morgan fingerprint density at radius 1 is 1.08 bits per heavy atom. The predicted molar refractivity (Wildman–Crippen MR) is 95.7 cm³/mol. The normalized spacial score (nSPS) is 10.2. The van der Waals surface area contributed by atoms with Crippen molar-refractivity contribution in [3.05, 3.63) is 96.3 Å². The summed E-state index contributed by atoms with van der Waals surface area (Å²) in [6, 6.07) is 16.8. The van der Waals surface area contributed by atoms with E-state index in [2.05, 4.69) is 19.2 Å². The molecule has 0 saturated heterocycles. The van der Waals surface area contributed by atoms with Crippen molar-refractivity contribution in [3.8, 4) is 17.6 Å². The molecule has 120 valence electrons. The van der Waals surface area contributed by atoms with E-state index in [0.29, 0.717) is 29.4 Å².